The third kappa shape index (κ3) is 8.63. The summed E-state index contributed by atoms with van der Waals surface area (Å²) < 4.78 is 5.21. The first kappa shape index (κ1) is 32.5. The minimum absolute atomic E-state index is 0.0306. The van der Waals surface area contributed by atoms with E-state index in [9.17, 15) is 14.4 Å². The predicted molar refractivity (Wildman–Crippen MR) is 186 cm³/mol. The lowest BCUT2D eigenvalue weighted by Gasteiger charge is -2.13. The summed E-state index contributed by atoms with van der Waals surface area (Å²) in [6, 6.07) is 30.3. The number of thioether (sulfide) groups is 1. The summed E-state index contributed by atoms with van der Waals surface area (Å²) in [6.07, 6.45) is 1.53. The number of aromatic nitrogens is 1. The predicted octanol–water partition coefficient (Wildman–Crippen LogP) is 8.00. The van der Waals surface area contributed by atoms with Gasteiger partial charge < -0.3 is 20.7 Å². The van der Waals surface area contributed by atoms with E-state index in [-0.39, 0.29) is 11.6 Å². The molecule has 4 aromatic carbocycles. The standard InChI is InChI=1S/C35H29ClN4O4S2/c1-22(32(41)40-35-39-31(21-45-35)23-12-16-27(44-2)17-13-23)46-28-18-14-26(15-19-28)37-34(43)30(20-25-10-6-7-11-29(25)36)38-33(42)24-8-4-3-5-9-24/h3-22H,1-2H3,(H,37,43)(H,38,42)(H,39,40,41)/b30-20-. The van der Waals surface area contributed by atoms with Crippen LogP contribution in [0.5, 0.6) is 5.75 Å². The van der Waals surface area contributed by atoms with Gasteiger partial charge in [0.1, 0.15) is 11.4 Å². The lowest BCUT2D eigenvalue weighted by Crippen LogP contribution is -2.30. The Morgan fingerprint density at radius 1 is 0.891 bits per heavy atom. The number of halogens is 1. The van der Waals surface area contributed by atoms with E-state index < -0.39 is 17.1 Å². The molecule has 46 heavy (non-hydrogen) atoms. The van der Waals surface area contributed by atoms with E-state index >= 15 is 0 Å². The zero-order chi connectivity index (χ0) is 32.5. The number of nitrogens with one attached hydrogen (secondary N) is 3. The van der Waals surface area contributed by atoms with Gasteiger partial charge in [-0.1, -0.05) is 48.0 Å². The third-order valence-electron chi connectivity index (χ3n) is 6.65. The second-order valence-electron chi connectivity index (χ2n) is 9.89. The molecule has 232 valence electrons. The van der Waals surface area contributed by atoms with E-state index in [0.717, 1.165) is 21.9 Å². The molecular formula is C35H29ClN4O4S2. The number of thiazole rings is 1. The molecule has 1 atom stereocenters. The molecule has 0 saturated heterocycles. The van der Waals surface area contributed by atoms with Gasteiger partial charge in [0.2, 0.25) is 5.91 Å². The first-order valence-corrected chi connectivity index (χ1v) is 16.2. The van der Waals surface area contributed by atoms with Gasteiger partial charge in [-0.05, 0) is 85.3 Å². The van der Waals surface area contributed by atoms with Crippen molar-refractivity contribution in [3.05, 3.63) is 130 Å². The van der Waals surface area contributed by atoms with Crippen LogP contribution in [0.2, 0.25) is 5.02 Å². The average Bonchev–Trinajstić information content (AvgIpc) is 3.55. The number of ether oxygens (including phenoxy) is 1. The Hall–Kier alpha value is -4.90. The molecule has 0 spiro atoms. The SMILES string of the molecule is COc1ccc(-c2csc(NC(=O)C(C)Sc3ccc(NC(=O)/C(=C/c4ccccc4Cl)NC(=O)c4ccccc4)cc3)n2)cc1. The highest BCUT2D eigenvalue weighted by Gasteiger charge is 2.18. The molecule has 0 aliphatic carbocycles. The monoisotopic (exact) mass is 668 g/mol. The van der Waals surface area contributed by atoms with Crippen LogP contribution in [0.15, 0.2) is 119 Å². The maximum absolute atomic E-state index is 13.3. The van der Waals surface area contributed by atoms with Crippen LogP contribution in [-0.4, -0.2) is 35.1 Å². The van der Waals surface area contributed by atoms with Crippen LogP contribution >= 0.6 is 34.7 Å². The van der Waals surface area contributed by atoms with E-state index in [4.69, 9.17) is 16.3 Å². The summed E-state index contributed by atoms with van der Waals surface area (Å²) in [5.74, 6) is -0.366. The van der Waals surface area contributed by atoms with Crippen LogP contribution in [0.1, 0.15) is 22.8 Å². The second kappa shape index (κ2) is 15.4. The van der Waals surface area contributed by atoms with Crippen molar-refractivity contribution >= 4 is 69.3 Å². The third-order valence-corrected chi connectivity index (χ3v) is 8.86. The molecule has 0 radical (unpaired) electrons. The van der Waals surface area contributed by atoms with Crippen molar-refractivity contribution < 1.29 is 19.1 Å². The number of rotatable bonds is 11. The highest BCUT2D eigenvalue weighted by molar-refractivity contribution is 8.00. The molecule has 5 rings (SSSR count). The fraction of sp³-hybridized carbons (Fsp3) is 0.0857. The molecule has 1 unspecified atom stereocenters. The van der Waals surface area contributed by atoms with Gasteiger partial charge >= 0.3 is 0 Å². The van der Waals surface area contributed by atoms with Crippen LogP contribution in [0.4, 0.5) is 10.8 Å². The Labute approximate surface area is 279 Å². The zero-order valence-electron chi connectivity index (χ0n) is 24.8. The molecule has 1 aromatic heterocycles. The van der Waals surface area contributed by atoms with Crippen molar-refractivity contribution in [3.8, 4) is 17.0 Å². The molecule has 0 aliphatic rings. The molecule has 5 aromatic rings. The molecule has 1 heterocycles. The normalized spacial score (nSPS) is 11.8. The first-order valence-electron chi connectivity index (χ1n) is 14.1. The summed E-state index contributed by atoms with van der Waals surface area (Å²) in [7, 11) is 1.62. The van der Waals surface area contributed by atoms with Gasteiger partial charge in [0, 0.05) is 32.1 Å². The van der Waals surface area contributed by atoms with E-state index in [0.29, 0.717) is 27.0 Å². The summed E-state index contributed by atoms with van der Waals surface area (Å²) in [6.45, 7) is 1.81. The maximum atomic E-state index is 13.3. The molecule has 0 aliphatic heterocycles. The molecule has 0 saturated carbocycles. The molecule has 0 fully saturated rings. The van der Waals surface area contributed by atoms with Crippen molar-refractivity contribution in [2.45, 2.75) is 17.1 Å². The first-order chi connectivity index (χ1) is 22.3. The molecule has 11 heteroatoms. The van der Waals surface area contributed by atoms with Gasteiger partial charge in [-0.25, -0.2) is 4.98 Å². The molecule has 8 nitrogen and oxygen atoms in total. The molecule has 0 bridgehead atoms. The largest absolute Gasteiger partial charge is 0.497 e. The van der Waals surface area contributed by atoms with E-state index in [2.05, 4.69) is 20.9 Å². The fourth-order valence-corrected chi connectivity index (χ4v) is 5.98. The van der Waals surface area contributed by atoms with Crippen molar-refractivity contribution in [3.63, 3.8) is 0 Å². The number of amides is 3. The van der Waals surface area contributed by atoms with E-state index in [1.165, 1.54) is 29.2 Å². The summed E-state index contributed by atoms with van der Waals surface area (Å²) >= 11 is 9.06. The number of hydrogen-bond donors (Lipinski definition) is 3. The second-order valence-corrected chi connectivity index (χ2v) is 12.6. The van der Waals surface area contributed by atoms with E-state index in [1.54, 1.807) is 73.8 Å². The number of carbonyl (C=O) groups excluding carboxylic acids is 3. The number of carbonyl (C=O) groups is 3. The Balaban J connectivity index is 1.20. The Kier molecular flexibility index (Phi) is 10.9. The van der Waals surface area contributed by atoms with Crippen molar-refractivity contribution in [1.82, 2.24) is 10.3 Å². The number of hydrogen-bond acceptors (Lipinski definition) is 7. The highest BCUT2D eigenvalue weighted by atomic mass is 35.5. The summed E-state index contributed by atoms with van der Waals surface area (Å²) in [5.41, 5.74) is 3.23. The van der Waals surface area contributed by atoms with Gasteiger partial charge in [-0.3, -0.25) is 14.4 Å². The molecular weight excluding hydrogens is 640 g/mol. The lowest BCUT2D eigenvalue weighted by molar-refractivity contribution is -0.115. The van der Waals surface area contributed by atoms with Crippen molar-refractivity contribution in [1.29, 1.82) is 0 Å². The molecule has 3 N–H and O–H groups in total. The van der Waals surface area contributed by atoms with E-state index in [1.807, 2.05) is 48.7 Å². The van der Waals surface area contributed by atoms with Gasteiger partial charge in [-0.15, -0.1) is 23.1 Å². The van der Waals surface area contributed by atoms with Gasteiger partial charge in [-0.2, -0.15) is 0 Å². The number of methoxy groups -OCH3 is 1. The van der Waals surface area contributed by atoms with Gasteiger partial charge in [0.15, 0.2) is 5.13 Å². The number of nitrogens with zero attached hydrogens (tertiary/aromatic N) is 1. The number of benzene rings is 4. The van der Waals surface area contributed by atoms with Crippen LogP contribution in [0.25, 0.3) is 17.3 Å². The van der Waals surface area contributed by atoms with Gasteiger partial charge in [0.25, 0.3) is 11.8 Å². The minimum atomic E-state index is -0.519. The Bertz CT molecular complexity index is 1860. The Morgan fingerprint density at radius 2 is 1.59 bits per heavy atom. The maximum Gasteiger partial charge on any atom is 0.272 e. The Morgan fingerprint density at radius 3 is 2.28 bits per heavy atom. The summed E-state index contributed by atoms with van der Waals surface area (Å²) in [5, 5.41) is 10.9. The summed E-state index contributed by atoms with van der Waals surface area (Å²) in [4.78, 5) is 44.5. The van der Waals surface area contributed by atoms with Crippen LogP contribution in [0.3, 0.4) is 0 Å². The van der Waals surface area contributed by atoms with Crippen LogP contribution < -0.4 is 20.7 Å². The zero-order valence-corrected chi connectivity index (χ0v) is 27.2. The smallest absolute Gasteiger partial charge is 0.272 e. The highest BCUT2D eigenvalue weighted by Crippen LogP contribution is 2.29. The van der Waals surface area contributed by atoms with Crippen LogP contribution in [-0.2, 0) is 9.59 Å². The quantitative estimate of drug-likeness (QED) is 0.0972. The van der Waals surface area contributed by atoms with Crippen molar-refractivity contribution in [2.24, 2.45) is 0 Å². The van der Waals surface area contributed by atoms with Crippen LogP contribution in [0, 0.1) is 0 Å². The molecule has 3 amide bonds. The lowest BCUT2D eigenvalue weighted by atomic mass is 10.1. The van der Waals surface area contributed by atoms with Gasteiger partial charge in [0.05, 0.1) is 18.1 Å². The average molecular weight is 669 g/mol. The fourth-order valence-electron chi connectivity index (χ4n) is 4.20. The number of anilines is 2. The van der Waals surface area contributed by atoms with Crippen molar-refractivity contribution in [2.75, 3.05) is 17.7 Å². The topological polar surface area (TPSA) is 109 Å². The minimum Gasteiger partial charge on any atom is -0.497 e.